The molecule has 4 nitrogen and oxygen atoms in total. The molecule has 0 bridgehead atoms. The molecular formula is C18H41NO3. The molecule has 0 amide bonds. The van der Waals surface area contributed by atoms with Crippen molar-refractivity contribution < 1.29 is 14.2 Å². The van der Waals surface area contributed by atoms with Crippen LogP contribution >= 0.6 is 0 Å². The van der Waals surface area contributed by atoms with Crippen molar-refractivity contribution in [3.05, 3.63) is 0 Å². The molecule has 3 atom stereocenters. The zero-order chi connectivity index (χ0) is 14.1. The van der Waals surface area contributed by atoms with Gasteiger partial charge in [0.1, 0.15) is 6.61 Å². The Labute approximate surface area is 139 Å². The Morgan fingerprint density at radius 2 is 1.45 bits per heavy atom. The van der Waals surface area contributed by atoms with Gasteiger partial charge in [-0.15, -0.1) is 0 Å². The van der Waals surface area contributed by atoms with E-state index in [0.717, 1.165) is 25.7 Å². The third kappa shape index (κ3) is 13.1. The molecule has 2 saturated heterocycles. The van der Waals surface area contributed by atoms with Gasteiger partial charge in [0.25, 0.3) is 0 Å². The van der Waals surface area contributed by atoms with E-state index in [4.69, 9.17) is 14.2 Å². The van der Waals surface area contributed by atoms with Crippen molar-refractivity contribution in [2.24, 2.45) is 4.99 Å². The molecule has 1 saturated carbocycles. The quantitative estimate of drug-likeness (QED) is 0.583. The predicted octanol–water partition coefficient (Wildman–Crippen LogP) is 5.10. The largest absolute Gasteiger partial charge is 0.479 e. The Morgan fingerprint density at radius 3 is 1.64 bits per heavy atom. The van der Waals surface area contributed by atoms with Crippen molar-refractivity contribution >= 4 is 5.90 Å². The van der Waals surface area contributed by atoms with Gasteiger partial charge in [-0.3, -0.25) is 4.99 Å². The molecule has 4 aliphatic rings. The molecule has 4 heteroatoms. The summed E-state index contributed by atoms with van der Waals surface area (Å²) in [5.74, 6) is 0.829. The fourth-order valence-electron chi connectivity index (χ4n) is 1.92. The normalized spacial score (nSPS) is 28.2. The number of ether oxygens (including phenoxy) is 3. The summed E-state index contributed by atoms with van der Waals surface area (Å²) in [5.41, 5.74) is 0. The second kappa shape index (κ2) is 15.3. The summed E-state index contributed by atoms with van der Waals surface area (Å²) in [7, 11) is 0. The minimum atomic E-state index is 0. The third-order valence-corrected chi connectivity index (χ3v) is 3.15. The van der Waals surface area contributed by atoms with Crippen LogP contribution < -0.4 is 0 Å². The van der Waals surface area contributed by atoms with E-state index in [0.29, 0.717) is 18.3 Å². The van der Waals surface area contributed by atoms with Crippen molar-refractivity contribution in [1.29, 1.82) is 0 Å². The molecule has 0 aromatic rings. The molecule has 3 heterocycles. The van der Waals surface area contributed by atoms with Crippen LogP contribution in [-0.2, 0) is 14.2 Å². The molecule has 22 heavy (non-hydrogen) atoms. The number of hydrogen-bond donors (Lipinski definition) is 0. The lowest BCUT2D eigenvalue weighted by atomic mass is 10.0. The fourth-order valence-corrected chi connectivity index (χ4v) is 1.92. The highest BCUT2D eigenvalue weighted by molar-refractivity contribution is 5.74. The molecule has 0 N–H and O–H groups in total. The molecule has 0 aromatic heterocycles. The van der Waals surface area contributed by atoms with E-state index in [1.807, 2.05) is 20.8 Å². The van der Waals surface area contributed by atoms with E-state index < -0.39 is 0 Å². The molecule has 0 aromatic carbocycles. The minimum absolute atomic E-state index is 0. The maximum absolute atomic E-state index is 5.28. The first-order valence-corrected chi connectivity index (χ1v) is 7.66. The lowest BCUT2D eigenvalue weighted by Crippen LogP contribution is -2.00. The second-order valence-corrected chi connectivity index (χ2v) is 4.89. The summed E-state index contributed by atoms with van der Waals surface area (Å²) in [4.78, 5) is 3.93. The SMILES string of the molecule is C.C.C.C1CCC2OC2C1.CC.CC1=NCCO1.CC1CO1. The number of nitrogens with zero attached hydrogens (tertiary/aromatic N) is 1. The summed E-state index contributed by atoms with van der Waals surface area (Å²) in [5, 5.41) is 0. The molecule has 3 unspecified atom stereocenters. The number of epoxide rings is 2. The lowest BCUT2D eigenvalue weighted by Gasteiger charge is -2.00. The van der Waals surface area contributed by atoms with Crippen molar-refractivity contribution in [2.45, 2.75) is 94.0 Å². The van der Waals surface area contributed by atoms with Crippen molar-refractivity contribution in [1.82, 2.24) is 0 Å². The monoisotopic (exact) mass is 319 g/mol. The van der Waals surface area contributed by atoms with Gasteiger partial charge < -0.3 is 14.2 Å². The first-order chi connectivity index (χ1) is 9.25. The van der Waals surface area contributed by atoms with Crippen LogP contribution in [0.15, 0.2) is 4.99 Å². The van der Waals surface area contributed by atoms with Crippen LogP contribution in [0.5, 0.6) is 0 Å². The smallest absolute Gasteiger partial charge is 0.180 e. The molecule has 0 radical (unpaired) electrons. The summed E-state index contributed by atoms with van der Waals surface area (Å²) < 4.78 is 14.9. The van der Waals surface area contributed by atoms with Crippen molar-refractivity contribution in [2.75, 3.05) is 19.8 Å². The van der Waals surface area contributed by atoms with E-state index >= 15 is 0 Å². The van der Waals surface area contributed by atoms with Gasteiger partial charge in [0, 0.05) is 6.92 Å². The topological polar surface area (TPSA) is 46.7 Å². The van der Waals surface area contributed by atoms with E-state index in [1.165, 1.54) is 25.7 Å². The van der Waals surface area contributed by atoms with Gasteiger partial charge in [-0.2, -0.15) is 0 Å². The molecule has 1 aliphatic carbocycles. The predicted molar refractivity (Wildman–Crippen MR) is 98.0 cm³/mol. The third-order valence-electron chi connectivity index (χ3n) is 3.15. The first kappa shape index (κ1) is 26.3. The van der Waals surface area contributed by atoms with Gasteiger partial charge in [0.05, 0.1) is 31.5 Å². The average molecular weight is 320 g/mol. The second-order valence-electron chi connectivity index (χ2n) is 4.89. The highest BCUT2D eigenvalue weighted by Crippen LogP contribution is 2.35. The Morgan fingerprint density at radius 1 is 1.00 bits per heavy atom. The van der Waals surface area contributed by atoms with Crippen LogP contribution in [-0.4, -0.2) is 44.0 Å². The number of fused-ring (bicyclic) bond motifs is 1. The van der Waals surface area contributed by atoms with Gasteiger partial charge >= 0.3 is 0 Å². The van der Waals surface area contributed by atoms with Crippen LogP contribution in [0.3, 0.4) is 0 Å². The van der Waals surface area contributed by atoms with Crippen LogP contribution in [0.25, 0.3) is 0 Å². The molecule has 4 rings (SSSR count). The maximum Gasteiger partial charge on any atom is 0.180 e. The molecule has 0 spiro atoms. The van der Waals surface area contributed by atoms with Gasteiger partial charge in [-0.1, -0.05) is 49.0 Å². The summed E-state index contributed by atoms with van der Waals surface area (Å²) in [6.07, 6.45) is 7.47. The summed E-state index contributed by atoms with van der Waals surface area (Å²) in [6, 6.07) is 0. The molecule has 136 valence electrons. The van der Waals surface area contributed by atoms with E-state index in [9.17, 15) is 0 Å². The van der Waals surface area contributed by atoms with Crippen LogP contribution in [0, 0.1) is 0 Å². The van der Waals surface area contributed by atoms with E-state index in [-0.39, 0.29) is 22.3 Å². The zero-order valence-electron chi connectivity index (χ0n) is 12.9. The van der Waals surface area contributed by atoms with Crippen LogP contribution in [0.1, 0.15) is 75.7 Å². The maximum atomic E-state index is 5.28. The fraction of sp³-hybridized carbons (Fsp3) is 0.944. The van der Waals surface area contributed by atoms with Crippen molar-refractivity contribution in [3.8, 4) is 0 Å². The van der Waals surface area contributed by atoms with Gasteiger partial charge in [-0.25, -0.2) is 0 Å². The average Bonchev–Trinajstić information content (AvgIpc) is 3.35. The Kier molecular flexibility index (Phi) is 18.3. The molecule has 3 fully saturated rings. The number of hydrogen-bond acceptors (Lipinski definition) is 4. The number of rotatable bonds is 0. The highest BCUT2D eigenvalue weighted by Gasteiger charge is 2.39. The summed E-state index contributed by atoms with van der Waals surface area (Å²) in [6.45, 7) is 10.5. The number of aliphatic imine (C=N–C) groups is 1. The van der Waals surface area contributed by atoms with Gasteiger partial charge in [0.15, 0.2) is 5.90 Å². The standard InChI is InChI=1S/C6H10O.C4H7NO.C3H6O.C2H6.3CH4/c1-2-4-6-5(3-1)7-6;1-4-5-2-3-6-4;1-3-2-4-3;1-2;;;/h5-6H,1-4H2;2-3H2,1H3;3H,2H2,1H3;1-2H3;3*1H4. The van der Waals surface area contributed by atoms with E-state index in [1.54, 1.807) is 0 Å². The molecular weight excluding hydrogens is 278 g/mol. The Bertz CT molecular complexity index is 255. The molecule has 3 aliphatic heterocycles. The lowest BCUT2D eigenvalue weighted by molar-refractivity contribution is 0.345. The van der Waals surface area contributed by atoms with Gasteiger partial charge in [-0.05, 0) is 19.8 Å². The Balaban J connectivity index is -0.000000224. The minimum Gasteiger partial charge on any atom is -0.479 e. The first-order valence-electron chi connectivity index (χ1n) is 7.66. The van der Waals surface area contributed by atoms with Gasteiger partial charge in [0.2, 0.25) is 0 Å². The van der Waals surface area contributed by atoms with Crippen LogP contribution in [0.4, 0.5) is 0 Å². The van der Waals surface area contributed by atoms with Crippen molar-refractivity contribution in [3.63, 3.8) is 0 Å². The van der Waals surface area contributed by atoms with E-state index in [2.05, 4.69) is 11.9 Å². The Hall–Kier alpha value is -0.610. The van der Waals surface area contributed by atoms with Crippen LogP contribution in [0.2, 0.25) is 0 Å². The highest BCUT2D eigenvalue weighted by atomic mass is 16.6. The zero-order valence-corrected chi connectivity index (χ0v) is 12.9. The summed E-state index contributed by atoms with van der Waals surface area (Å²) >= 11 is 0.